The molecular weight excluding hydrogens is 202 g/mol. The molecule has 0 aliphatic carbocycles. The molecule has 2 heterocycles. The zero-order valence-electron chi connectivity index (χ0n) is 8.41. The molecule has 16 heavy (non-hydrogen) atoms. The molecule has 2 N–H and O–H groups in total. The summed E-state index contributed by atoms with van der Waals surface area (Å²) < 4.78 is 0. The van der Waals surface area contributed by atoms with Crippen molar-refractivity contribution in [2.45, 2.75) is 6.04 Å². The molecule has 1 atom stereocenters. The van der Waals surface area contributed by atoms with E-state index in [2.05, 4.69) is 20.0 Å². The van der Waals surface area contributed by atoms with Crippen LogP contribution >= 0.6 is 0 Å². The van der Waals surface area contributed by atoms with Gasteiger partial charge < -0.3 is 5.73 Å². The van der Waals surface area contributed by atoms with Gasteiger partial charge in [-0.2, -0.15) is 0 Å². The minimum atomic E-state index is -0.285. The summed E-state index contributed by atoms with van der Waals surface area (Å²) in [5.41, 5.74) is 6.75. The topological polar surface area (TPSA) is 75.5 Å². The van der Waals surface area contributed by atoms with Crippen molar-refractivity contribution in [1.82, 2.24) is 0 Å². The maximum Gasteiger partial charge on any atom is 0.168 e. The monoisotopic (exact) mass is 211 g/mol. The molecule has 0 amide bonds. The average Bonchev–Trinajstić information content (AvgIpc) is 2.79. The Kier molecular flexibility index (Phi) is 1.89. The summed E-state index contributed by atoms with van der Waals surface area (Å²) in [5, 5.41) is 0. The number of hydrogen-bond donors (Lipinski definition) is 1. The summed E-state index contributed by atoms with van der Waals surface area (Å²) in [6, 6.07) is 9.40. The fourth-order valence-electron chi connectivity index (χ4n) is 1.63. The van der Waals surface area contributed by atoms with Crippen LogP contribution < -0.4 is 5.73 Å². The first-order chi connectivity index (χ1) is 7.84. The number of nitrogens with two attached hydrogens (primary N) is 1. The first-order valence-corrected chi connectivity index (χ1v) is 4.92. The van der Waals surface area contributed by atoms with Gasteiger partial charge in [0, 0.05) is 5.56 Å². The molecule has 1 unspecified atom stereocenters. The van der Waals surface area contributed by atoms with Crippen LogP contribution in [0.2, 0.25) is 0 Å². The molecule has 2 aliphatic heterocycles. The lowest BCUT2D eigenvalue weighted by molar-refractivity contribution is 1.11. The van der Waals surface area contributed by atoms with Crippen molar-refractivity contribution >= 4 is 23.8 Å². The highest BCUT2D eigenvalue weighted by Gasteiger charge is 2.26. The number of rotatable bonds is 1. The maximum absolute atomic E-state index is 5.82. The Labute approximate surface area is 92.2 Å². The molecule has 2 aliphatic rings. The van der Waals surface area contributed by atoms with Gasteiger partial charge in [0.05, 0.1) is 0 Å². The van der Waals surface area contributed by atoms with E-state index in [1.165, 1.54) is 6.34 Å². The van der Waals surface area contributed by atoms with E-state index in [9.17, 15) is 0 Å². The third-order valence-electron chi connectivity index (χ3n) is 2.42. The molecule has 0 saturated carbocycles. The third-order valence-corrected chi connectivity index (χ3v) is 2.42. The fraction of sp³-hybridized carbons (Fsp3) is 0.0909. The smallest absolute Gasteiger partial charge is 0.168 e. The predicted molar refractivity (Wildman–Crippen MR) is 64.3 cm³/mol. The molecule has 5 nitrogen and oxygen atoms in total. The summed E-state index contributed by atoms with van der Waals surface area (Å²) >= 11 is 0. The molecule has 0 fully saturated rings. The highest BCUT2D eigenvalue weighted by molar-refractivity contribution is 6.25. The van der Waals surface area contributed by atoms with Crippen LogP contribution in [-0.2, 0) is 0 Å². The van der Waals surface area contributed by atoms with Crippen LogP contribution in [0.15, 0.2) is 50.3 Å². The summed E-state index contributed by atoms with van der Waals surface area (Å²) in [7, 11) is 0. The minimum absolute atomic E-state index is 0.285. The molecule has 0 bridgehead atoms. The summed E-state index contributed by atoms with van der Waals surface area (Å²) in [4.78, 5) is 16.7. The summed E-state index contributed by atoms with van der Waals surface area (Å²) in [6.45, 7) is 0. The third kappa shape index (κ3) is 1.33. The van der Waals surface area contributed by atoms with Crippen molar-refractivity contribution in [3.05, 3.63) is 35.9 Å². The molecular formula is C11H9N5. The van der Waals surface area contributed by atoms with Crippen LogP contribution in [0.3, 0.4) is 0 Å². The molecule has 0 spiro atoms. The van der Waals surface area contributed by atoms with Gasteiger partial charge in [-0.15, -0.1) is 0 Å². The van der Waals surface area contributed by atoms with E-state index in [0.717, 1.165) is 5.56 Å². The molecule has 0 radical (unpaired) electrons. The minimum Gasteiger partial charge on any atom is -0.385 e. The quantitative estimate of drug-likeness (QED) is 0.726. The van der Waals surface area contributed by atoms with Gasteiger partial charge >= 0.3 is 0 Å². The van der Waals surface area contributed by atoms with Gasteiger partial charge in [-0.05, 0) is 0 Å². The Morgan fingerprint density at radius 3 is 2.69 bits per heavy atom. The number of hydrogen-bond acceptors (Lipinski definition) is 5. The number of nitrogens with zero attached hydrogens (tertiary/aromatic N) is 4. The predicted octanol–water partition coefficient (Wildman–Crippen LogP) is 0.613. The van der Waals surface area contributed by atoms with Crippen LogP contribution in [0.5, 0.6) is 0 Å². The number of amidine groups is 3. The van der Waals surface area contributed by atoms with Crippen LogP contribution in [0.1, 0.15) is 5.56 Å². The SMILES string of the molecule is NC1=NC(c2ccccc2)=NC2=NC=NC12. The lowest BCUT2D eigenvalue weighted by Crippen LogP contribution is -2.36. The molecule has 5 heteroatoms. The Morgan fingerprint density at radius 1 is 1.06 bits per heavy atom. The second-order valence-electron chi connectivity index (χ2n) is 3.49. The Bertz CT molecular complexity index is 539. The molecule has 1 aromatic rings. The van der Waals surface area contributed by atoms with Crippen molar-refractivity contribution in [3.8, 4) is 0 Å². The number of benzene rings is 1. The number of aliphatic imine (C=N–C) groups is 4. The van der Waals surface area contributed by atoms with E-state index in [4.69, 9.17) is 5.73 Å². The van der Waals surface area contributed by atoms with Gasteiger partial charge in [-0.3, -0.25) is 4.99 Å². The van der Waals surface area contributed by atoms with Crippen LogP contribution in [0.4, 0.5) is 0 Å². The van der Waals surface area contributed by atoms with Crippen molar-refractivity contribution in [2.75, 3.05) is 0 Å². The van der Waals surface area contributed by atoms with E-state index in [1.54, 1.807) is 0 Å². The van der Waals surface area contributed by atoms with Crippen molar-refractivity contribution in [1.29, 1.82) is 0 Å². The van der Waals surface area contributed by atoms with Gasteiger partial charge in [0.25, 0.3) is 0 Å². The normalized spacial score (nSPS) is 22.2. The second-order valence-corrected chi connectivity index (χ2v) is 3.49. The first kappa shape index (κ1) is 8.96. The highest BCUT2D eigenvalue weighted by Crippen LogP contribution is 2.13. The lowest BCUT2D eigenvalue weighted by atomic mass is 10.1. The fourth-order valence-corrected chi connectivity index (χ4v) is 1.63. The van der Waals surface area contributed by atoms with E-state index >= 15 is 0 Å². The Morgan fingerprint density at radius 2 is 1.88 bits per heavy atom. The zero-order valence-corrected chi connectivity index (χ0v) is 8.41. The van der Waals surface area contributed by atoms with Crippen LogP contribution in [0, 0.1) is 0 Å². The first-order valence-electron chi connectivity index (χ1n) is 4.92. The van der Waals surface area contributed by atoms with Gasteiger partial charge in [-0.25, -0.2) is 15.0 Å². The van der Waals surface area contributed by atoms with Gasteiger partial charge in [0.1, 0.15) is 12.2 Å². The molecule has 78 valence electrons. The summed E-state index contributed by atoms with van der Waals surface area (Å²) in [6.07, 6.45) is 1.47. The lowest BCUT2D eigenvalue weighted by Gasteiger charge is -2.14. The van der Waals surface area contributed by atoms with Crippen LogP contribution in [-0.4, -0.2) is 29.9 Å². The van der Waals surface area contributed by atoms with Gasteiger partial charge in [0.2, 0.25) is 0 Å². The van der Waals surface area contributed by atoms with Crippen LogP contribution in [0.25, 0.3) is 0 Å². The largest absolute Gasteiger partial charge is 0.385 e. The van der Waals surface area contributed by atoms with Crippen molar-refractivity contribution < 1.29 is 0 Å². The summed E-state index contributed by atoms with van der Waals surface area (Å²) in [5.74, 6) is 1.66. The van der Waals surface area contributed by atoms with E-state index in [0.29, 0.717) is 17.5 Å². The van der Waals surface area contributed by atoms with E-state index in [1.807, 2.05) is 30.3 Å². The zero-order chi connectivity index (χ0) is 11.0. The molecule has 0 saturated heterocycles. The van der Waals surface area contributed by atoms with Crippen molar-refractivity contribution in [2.24, 2.45) is 25.7 Å². The Balaban J connectivity index is 2.05. The van der Waals surface area contributed by atoms with Gasteiger partial charge in [0.15, 0.2) is 17.7 Å². The van der Waals surface area contributed by atoms with Gasteiger partial charge in [-0.1, -0.05) is 30.3 Å². The molecule has 1 aromatic carbocycles. The van der Waals surface area contributed by atoms with E-state index < -0.39 is 0 Å². The standard InChI is InChI=1S/C11H9N5/c12-9-8-11(14-6-13-8)16-10(15-9)7-4-2-1-3-5-7/h1-6,8H,(H2,12,13,14,15,16). The molecule has 0 aromatic heterocycles. The van der Waals surface area contributed by atoms with Crippen molar-refractivity contribution in [3.63, 3.8) is 0 Å². The Hall–Kier alpha value is -2.30. The average molecular weight is 211 g/mol. The second kappa shape index (κ2) is 3.37. The number of fused-ring (bicyclic) bond motifs is 1. The highest BCUT2D eigenvalue weighted by atomic mass is 15.2. The maximum atomic E-state index is 5.82. The molecule has 3 rings (SSSR count). The van der Waals surface area contributed by atoms with E-state index in [-0.39, 0.29) is 6.04 Å².